The van der Waals surface area contributed by atoms with Crippen molar-refractivity contribution in [2.75, 3.05) is 7.11 Å². The molecule has 5 nitrogen and oxygen atoms in total. The normalized spacial score (nSPS) is 22.1. The Morgan fingerprint density at radius 3 is 2.85 bits per heavy atom. The minimum atomic E-state index is -0.360. The van der Waals surface area contributed by atoms with Gasteiger partial charge in [-0.3, -0.25) is 0 Å². The number of benzene rings is 1. The van der Waals surface area contributed by atoms with Crippen LogP contribution in [0.2, 0.25) is 0 Å². The van der Waals surface area contributed by atoms with Gasteiger partial charge in [0.25, 0.3) is 0 Å². The minimum Gasteiger partial charge on any atom is -0.496 e. The van der Waals surface area contributed by atoms with E-state index in [9.17, 15) is 5.11 Å². The molecule has 1 aromatic heterocycles. The van der Waals surface area contributed by atoms with Crippen molar-refractivity contribution in [3.05, 3.63) is 29.7 Å². The van der Waals surface area contributed by atoms with Crippen LogP contribution in [0.15, 0.2) is 22.7 Å². The van der Waals surface area contributed by atoms with Gasteiger partial charge in [0.1, 0.15) is 5.75 Å². The number of aryl methyl sites for hydroxylation is 1. The first-order valence-electron chi connectivity index (χ1n) is 6.85. The monoisotopic (exact) mass is 274 g/mol. The Morgan fingerprint density at radius 1 is 1.35 bits per heavy atom. The first kappa shape index (κ1) is 13.1. The highest BCUT2D eigenvalue weighted by Gasteiger charge is 2.31. The molecule has 1 heterocycles. The van der Waals surface area contributed by atoms with Gasteiger partial charge in [0.2, 0.25) is 11.7 Å². The van der Waals surface area contributed by atoms with Crippen LogP contribution in [-0.4, -0.2) is 28.5 Å². The standard InChI is InChI=1S/C15H18N2O3/c1-9-8-10(6-7-13(9)19-2)14-16-15(20-17-14)11-4-3-5-12(11)18/h6-8,11-12,18H,3-5H2,1-2H3. The van der Waals surface area contributed by atoms with Gasteiger partial charge in [-0.25, -0.2) is 0 Å². The van der Waals surface area contributed by atoms with Crippen LogP contribution in [0, 0.1) is 6.92 Å². The largest absolute Gasteiger partial charge is 0.496 e. The molecule has 0 amide bonds. The summed E-state index contributed by atoms with van der Waals surface area (Å²) in [5, 5.41) is 13.9. The van der Waals surface area contributed by atoms with Crippen LogP contribution in [0.3, 0.4) is 0 Å². The second-order valence-corrected chi connectivity index (χ2v) is 5.25. The molecular formula is C15H18N2O3. The van der Waals surface area contributed by atoms with Crippen molar-refractivity contribution in [2.45, 2.75) is 38.2 Å². The number of aromatic nitrogens is 2. The fourth-order valence-electron chi connectivity index (χ4n) is 2.75. The number of nitrogens with zero attached hydrogens (tertiary/aromatic N) is 2. The van der Waals surface area contributed by atoms with Crippen molar-refractivity contribution in [3.63, 3.8) is 0 Å². The molecule has 0 spiro atoms. The van der Waals surface area contributed by atoms with Gasteiger partial charge in [-0.05, 0) is 49.9 Å². The molecule has 1 aliphatic rings. The van der Waals surface area contributed by atoms with Gasteiger partial charge in [0.15, 0.2) is 0 Å². The Balaban J connectivity index is 1.88. The van der Waals surface area contributed by atoms with Crippen LogP contribution >= 0.6 is 0 Å². The van der Waals surface area contributed by atoms with E-state index >= 15 is 0 Å². The van der Waals surface area contributed by atoms with Crippen molar-refractivity contribution < 1.29 is 14.4 Å². The topological polar surface area (TPSA) is 68.4 Å². The molecule has 0 radical (unpaired) electrons. The van der Waals surface area contributed by atoms with Crippen LogP contribution in [0.5, 0.6) is 5.75 Å². The molecule has 2 atom stereocenters. The highest BCUT2D eigenvalue weighted by Crippen LogP contribution is 2.34. The summed E-state index contributed by atoms with van der Waals surface area (Å²) in [6.45, 7) is 1.98. The molecule has 0 saturated heterocycles. The summed E-state index contributed by atoms with van der Waals surface area (Å²) < 4.78 is 10.6. The van der Waals surface area contributed by atoms with E-state index in [0.717, 1.165) is 36.1 Å². The highest BCUT2D eigenvalue weighted by atomic mass is 16.5. The fraction of sp³-hybridized carbons (Fsp3) is 0.467. The summed E-state index contributed by atoms with van der Waals surface area (Å²) >= 11 is 0. The van der Waals surface area contributed by atoms with Crippen molar-refractivity contribution in [1.29, 1.82) is 0 Å². The first-order valence-corrected chi connectivity index (χ1v) is 6.85. The van der Waals surface area contributed by atoms with E-state index in [1.54, 1.807) is 7.11 Å². The maximum Gasteiger partial charge on any atom is 0.232 e. The average molecular weight is 274 g/mol. The van der Waals surface area contributed by atoms with Crippen molar-refractivity contribution in [1.82, 2.24) is 10.1 Å². The van der Waals surface area contributed by atoms with Gasteiger partial charge >= 0.3 is 0 Å². The molecule has 2 aromatic rings. The van der Waals surface area contributed by atoms with Gasteiger partial charge in [0.05, 0.1) is 19.1 Å². The predicted molar refractivity (Wildman–Crippen MR) is 73.6 cm³/mol. The van der Waals surface area contributed by atoms with E-state index in [-0.39, 0.29) is 12.0 Å². The molecule has 2 unspecified atom stereocenters. The maximum atomic E-state index is 9.89. The van der Waals surface area contributed by atoms with Gasteiger partial charge < -0.3 is 14.4 Å². The molecule has 20 heavy (non-hydrogen) atoms. The van der Waals surface area contributed by atoms with E-state index < -0.39 is 0 Å². The molecule has 5 heteroatoms. The van der Waals surface area contributed by atoms with E-state index in [2.05, 4.69) is 10.1 Å². The molecule has 0 aliphatic heterocycles. The van der Waals surface area contributed by atoms with Crippen LogP contribution in [0.25, 0.3) is 11.4 Å². The number of aliphatic hydroxyl groups is 1. The Hall–Kier alpha value is -1.88. The summed E-state index contributed by atoms with van der Waals surface area (Å²) in [5.74, 6) is 1.92. The van der Waals surface area contributed by atoms with Crippen LogP contribution in [0.1, 0.15) is 36.6 Å². The summed E-state index contributed by atoms with van der Waals surface area (Å²) in [6.07, 6.45) is 2.36. The SMILES string of the molecule is COc1ccc(-c2noc(C3CCCC3O)n2)cc1C. The van der Waals surface area contributed by atoms with Gasteiger partial charge in [-0.15, -0.1) is 0 Å². The molecule has 1 N–H and O–H groups in total. The Bertz CT molecular complexity index is 609. The zero-order valence-electron chi connectivity index (χ0n) is 11.7. The lowest BCUT2D eigenvalue weighted by molar-refractivity contribution is 0.148. The van der Waals surface area contributed by atoms with E-state index in [1.165, 1.54) is 0 Å². The molecular weight excluding hydrogens is 256 g/mol. The third-order valence-electron chi connectivity index (χ3n) is 3.89. The maximum absolute atomic E-state index is 9.89. The van der Waals surface area contributed by atoms with Gasteiger partial charge in [0, 0.05) is 5.56 Å². The number of methoxy groups -OCH3 is 1. The molecule has 1 aliphatic carbocycles. The second kappa shape index (κ2) is 5.25. The number of ether oxygens (including phenoxy) is 1. The van der Waals surface area contributed by atoms with Crippen molar-refractivity contribution >= 4 is 0 Å². The third kappa shape index (κ3) is 2.29. The third-order valence-corrected chi connectivity index (χ3v) is 3.89. The van der Waals surface area contributed by atoms with Crippen LogP contribution in [-0.2, 0) is 0 Å². The summed E-state index contributed by atoms with van der Waals surface area (Å²) in [5.41, 5.74) is 1.92. The Kier molecular flexibility index (Phi) is 3.44. The zero-order chi connectivity index (χ0) is 14.1. The minimum absolute atomic E-state index is 0.0180. The number of hydrogen-bond donors (Lipinski definition) is 1. The molecule has 1 saturated carbocycles. The summed E-state index contributed by atoms with van der Waals surface area (Å²) in [4.78, 5) is 4.43. The Labute approximate surface area is 117 Å². The fourth-order valence-corrected chi connectivity index (χ4v) is 2.75. The van der Waals surface area contributed by atoms with Gasteiger partial charge in [-0.2, -0.15) is 4.98 Å². The van der Waals surface area contributed by atoms with Crippen molar-refractivity contribution in [2.24, 2.45) is 0 Å². The molecule has 106 valence electrons. The van der Waals surface area contributed by atoms with Crippen molar-refractivity contribution in [3.8, 4) is 17.1 Å². The number of aliphatic hydroxyl groups excluding tert-OH is 1. The molecule has 0 bridgehead atoms. The number of rotatable bonds is 3. The second-order valence-electron chi connectivity index (χ2n) is 5.25. The predicted octanol–water partition coefficient (Wildman–Crippen LogP) is 2.68. The van der Waals surface area contributed by atoms with E-state index in [0.29, 0.717) is 11.7 Å². The van der Waals surface area contributed by atoms with Gasteiger partial charge in [-0.1, -0.05) is 5.16 Å². The van der Waals surface area contributed by atoms with Crippen LogP contribution in [0.4, 0.5) is 0 Å². The molecule has 1 fully saturated rings. The van der Waals surface area contributed by atoms with E-state index in [4.69, 9.17) is 9.26 Å². The lowest BCUT2D eigenvalue weighted by Gasteiger charge is -2.07. The highest BCUT2D eigenvalue weighted by molar-refractivity contribution is 5.58. The summed E-state index contributed by atoms with van der Waals surface area (Å²) in [7, 11) is 1.65. The lowest BCUT2D eigenvalue weighted by Crippen LogP contribution is -2.11. The first-order chi connectivity index (χ1) is 9.69. The summed E-state index contributed by atoms with van der Waals surface area (Å²) in [6, 6.07) is 5.77. The quantitative estimate of drug-likeness (QED) is 0.932. The Morgan fingerprint density at radius 2 is 2.20 bits per heavy atom. The zero-order valence-corrected chi connectivity index (χ0v) is 11.7. The lowest BCUT2D eigenvalue weighted by atomic mass is 10.1. The number of hydrogen-bond acceptors (Lipinski definition) is 5. The van der Waals surface area contributed by atoms with Crippen LogP contribution < -0.4 is 4.74 Å². The smallest absolute Gasteiger partial charge is 0.232 e. The molecule has 3 rings (SSSR count). The van der Waals surface area contributed by atoms with E-state index in [1.807, 2.05) is 25.1 Å². The average Bonchev–Trinajstić information content (AvgIpc) is 3.07. The molecule has 1 aromatic carbocycles.